The van der Waals surface area contributed by atoms with Crippen LogP contribution in [-0.4, -0.2) is 45.5 Å². The Labute approximate surface area is 129 Å². The van der Waals surface area contributed by atoms with Crippen molar-refractivity contribution in [3.63, 3.8) is 0 Å². The van der Waals surface area contributed by atoms with Gasteiger partial charge in [-0.15, -0.1) is 0 Å². The molecule has 5 nitrogen and oxygen atoms in total. The lowest BCUT2D eigenvalue weighted by Crippen LogP contribution is -2.52. The maximum Gasteiger partial charge on any atom is 0.275 e. The van der Waals surface area contributed by atoms with Crippen LogP contribution in [0.2, 0.25) is 0 Å². The third-order valence-electron chi connectivity index (χ3n) is 4.62. The molecule has 116 valence electrons. The van der Waals surface area contributed by atoms with Gasteiger partial charge < -0.3 is 14.0 Å². The van der Waals surface area contributed by atoms with Gasteiger partial charge in [0, 0.05) is 12.1 Å². The van der Waals surface area contributed by atoms with Crippen molar-refractivity contribution in [3.8, 4) is 0 Å². The van der Waals surface area contributed by atoms with Crippen LogP contribution in [0.1, 0.15) is 48.9 Å². The Balaban J connectivity index is 1.78. The average Bonchev–Trinajstić information content (AvgIpc) is 3.27. The summed E-state index contributed by atoms with van der Waals surface area (Å²) in [6.07, 6.45) is 4.36. The van der Waals surface area contributed by atoms with Gasteiger partial charge in [0.2, 0.25) is 0 Å². The Bertz CT molecular complexity index is 710. The van der Waals surface area contributed by atoms with Crippen molar-refractivity contribution in [2.24, 2.45) is 0 Å². The number of aromatic nitrogens is 2. The summed E-state index contributed by atoms with van der Waals surface area (Å²) in [6, 6.07) is 6.12. The Morgan fingerprint density at radius 1 is 1.23 bits per heavy atom. The predicted octanol–water partition coefficient (Wildman–Crippen LogP) is 2.46. The van der Waals surface area contributed by atoms with E-state index in [4.69, 9.17) is 9.72 Å². The van der Waals surface area contributed by atoms with E-state index in [9.17, 15) is 4.79 Å². The first-order valence-electron chi connectivity index (χ1n) is 8.04. The molecule has 22 heavy (non-hydrogen) atoms. The number of nitrogens with zero attached hydrogens (tertiary/aromatic N) is 3. The molecule has 1 saturated heterocycles. The van der Waals surface area contributed by atoms with E-state index in [0.29, 0.717) is 24.8 Å². The number of ether oxygens (including phenoxy) is 1. The number of rotatable bonds is 2. The Hall–Kier alpha value is -1.88. The maximum absolute atomic E-state index is 13.1. The van der Waals surface area contributed by atoms with E-state index < -0.39 is 0 Å². The van der Waals surface area contributed by atoms with Crippen molar-refractivity contribution in [1.82, 2.24) is 14.3 Å². The molecule has 2 aromatic rings. The van der Waals surface area contributed by atoms with Gasteiger partial charge >= 0.3 is 0 Å². The number of amides is 1. The number of carbonyl (C=O) groups excluding carboxylic acids is 1. The van der Waals surface area contributed by atoms with E-state index in [-0.39, 0.29) is 18.0 Å². The summed E-state index contributed by atoms with van der Waals surface area (Å²) < 4.78 is 7.62. The number of hydrogen-bond donors (Lipinski definition) is 0. The van der Waals surface area contributed by atoms with Gasteiger partial charge in [-0.3, -0.25) is 4.79 Å². The quantitative estimate of drug-likeness (QED) is 0.856. The summed E-state index contributed by atoms with van der Waals surface area (Å²) in [5.74, 6) is 1.57. The lowest BCUT2D eigenvalue weighted by molar-refractivity contribution is -0.0251. The van der Waals surface area contributed by atoms with E-state index in [0.717, 1.165) is 11.3 Å². The van der Waals surface area contributed by atoms with Crippen molar-refractivity contribution >= 4 is 11.4 Å². The van der Waals surface area contributed by atoms with Crippen LogP contribution in [0.15, 0.2) is 24.4 Å². The van der Waals surface area contributed by atoms with Crippen LogP contribution >= 0.6 is 0 Å². The monoisotopic (exact) mass is 299 g/mol. The van der Waals surface area contributed by atoms with E-state index in [1.165, 1.54) is 12.8 Å². The standard InChI is InChI=1S/C17H21N3O2/c1-11-9-22-10-12(2)20(11)17(21)15-14-5-3-4-8-19(14)16(18-15)13-6-7-13/h3-5,8,11-13H,6-7,9-10H2,1-2H3. The third-order valence-corrected chi connectivity index (χ3v) is 4.62. The summed E-state index contributed by atoms with van der Waals surface area (Å²) in [5, 5.41) is 0. The molecule has 2 aliphatic rings. The van der Waals surface area contributed by atoms with Gasteiger partial charge in [0.05, 0.1) is 30.8 Å². The fourth-order valence-corrected chi connectivity index (χ4v) is 3.38. The highest BCUT2D eigenvalue weighted by Gasteiger charge is 2.35. The first-order valence-corrected chi connectivity index (χ1v) is 8.04. The molecule has 1 amide bonds. The third kappa shape index (κ3) is 2.11. The Morgan fingerprint density at radius 2 is 1.95 bits per heavy atom. The van der Waals surface area contributed by atoms with Gasteiger partial charge in [-0.1, -0.05) is 6.07 Å². The molecule has 0 aromatic carbocycles. The van der Waals surface area contributed by atoms with Crippen LogP contribution in [0.4, 0.5) is 0 Å². The smallest absolute Gasteiger partial charge is 0.275 e. The van der Waals surface area contributed by atoms with Gasteiger partial charge in [0.1, 0.15) is 5.82 Å². The summed E-state index contributed by atoms with van der Waals surface area (Å²) in [7, 11) is 0. The summed E-state index contributed by atoms with van der Waals surface area (Å²) in [6.45, 7) is 5.26. The number of carbonyl (C=O) groups is 1. The van der Waals surface area contributed by atoms with Gasteiger partial charge in [-0.25, -0.2) is 4.98 Å². The summed E-state index contributed by atoms with van der Waals surface area (Å²) >= 11 is 0. The van der Waals surface area contributed by atoms with E-state index in [1.54, 1.807) is 0 Å². The van der Waals surface area contributed by atoms with Crippen molar-refractivity contribution < 1.29 is 9.53 Å². The lowest BCUT2D eigenvalue weighted by Gasteiger charge is -2.38. The SMILES string of the molecule is CC1COCC(C)N1C(=O)c1nc(C2CC2)n2ccccc12. The Kier molecular flexibility index (Phi) is 3.18. The summed E-state index contributed by atoms with van der Waals surface area (Å²) in [4.78, 5) is 19.7. The van der Waals surface area contributed by atoms with Crippen LogP contribution in [0.3, 0.4) is 0 Å². The van der Waals surface area contributed by atoms with Crippen molar-refractivity contribution in [1.29, 1.82) is 0 Å². The zero-order chi connectivity index (χ0) is 15.3. The van der Waals surface area contributed by atoms with Crippen molar-refractivity contribution in [2.75, 3.05) is 13.2 Å². The van der Waals surface area contributed by atoms with Gasteiger partial charge in [-0.2, -0.15) is 0 Å². The summed E-state index contributed by atoms with van der Waals surface area (Å²) in [5.41, 5.74) is 1.50. The second-order valence-electron chi connectivity index (χ2n) is 6.50. The molecule has 0 bridgehead atoms. The van der Waals surface area contributed by atoms with Gasteiger partial charge in [0.25, 0.3) is 5.91 Å². The lowest BCUT2D eigenvalue weighted by atomic mass is 10.1. The number of pyridine rings is 1. The van der Waals surface area contributed by atoms with Crippen molar-refractivity contribution in [3.05, 3.63) is 35.9 Å². The fourth-order valence-electron chi connectivity index (χ4n) is 3.38. The second kappa shape index (κ2) is 5.09. The highest BCUT2D eigenvalue weighted by atomic mass is 16.5. The molecule has 3 heterocycles. The molecule has 2 unspecified atom stereocenters. The molecule has 0 N–H and O–H groups in total. The van der Waals surface area contributed by atoms with Crippen LogP contribution < -0.4 is 0 Å². The minimum atomic E-state index is 0.0268. The first-order chi connectivity index (χ1) is 10.7. The molecule has 2 fully saturated rings. The maximum atomic E-state index is 13.1. The van der Waals surface area contributed by atoms with Gasteiger partial charge in [-0.05, 0) is 38.8 Å². The second-order valence-corrected chi connectivity index (χ2v) is 6.50. The van der Waals surface area contributed by atoms with Crippen LogP contribution in [-0.2, 0) is 4.74 Å². The average molecular weight is 299 g/mol. The molecule has 4 rings (SSSR count). The largest absolute Gasteiger partial charge is 0.377 e. The van der Waals surface area contributed by atoms with Crippen molar-refractivity contribution in [2.45, 2.75) is 44.7 Å². The number of imidazole rings is 1. The zero-order valence-corrected chi connectivity index (χ0v) is 13.0. The first kappa shape index (κ1) is 13.8. The molecule has 2 aromatic heterocycles. The topological polar surface area (TPSA) is 46.8 Å². The van der Waals surface area contributed by atoms with Crippen LogP contribution in [0.25, 0.3) is 5.52 Å². The fraction of sp³-hybridized carbons (Fsp3) is 0.529. The highest BCUT2D eigenvalue weighted by molar-refractivity contribution is 5.99. The zero-order valence-electron chi connectivity index (χ0n) is 13.0. The molecule has 5 heteroatoms. The molecule has 0 spiro atoms. The highest BCUT2D eigenvalue weighted by Crippen LogP contribution is 2.40. The van der Waals surface area contributed by atoms with E-state index >= 15 is 0 Å². The van der Waals surface area contributed by atoms with Gasteiger partial charge in [0.15, 0.2) is 5.69 Å². The van der Waals surface area contributed by atoms with Crippen LogP contribution in [0, 0.1) is 0 Å². The minimum Gasteiger partial charge on any atom is -0.377 e. The molecule has 2 atom stereocenters. The minimum absolute atomic E-state index is 0.0268. The molecule has 1 aliphatic carbocycles. The molecular formula is C17H21N3O2. The molecule has 1 saturated carbocycles. The normalized spacial score (nSPS) is 25.6. The van der Waals surface area contributed by atoms with E-state index in [2.05, 4.69) is 4.40 Å². The molecular weight excluding hydrogens is 278 g/mol. The molecule has 0 radical (unpaired) electrons. The number of morpholine rings is 1. The van der Waals surface area contributed by atoms with Crippen LogP contribution in [0.5, 0.6) is 0 Å². The van der Waals surface area contributed by atoms with E-state index in [1.807, 2.05) is 43.1 Å². The number of fused-ring (bicyclic) bond motifs is 1. The Morgan fingerprint density at radius 3 is 2.64 bits per heavy atom. The number of hydrogen-bond acceptors (Lipinski definition) is 3. The predicted molar refractivity (Wildman–Crippen MR) is 83.1 cm³/mol. The molecule has 1 aliphatic heterocycles.